The summed E-state index contributed by atoms with van der Waals surface area (Å²) < 4.78 is 0. The molecule has 2 nitrogen and oxygen atoms in total. The van der Waals surface area contributed by atoms with Crippen LogP contribution in [-0.4, -0.2) is 15.8 Å². The van der Waals surface area contributed by atoms with Crippen LogP contribution in [0.1, 0.15) is 13.3 Å². The quantitative estimate of drug-likeness (QED) is 0.502. The van der Waals surface area contributed by atoms with E-state index in [-0.39, 0.29) is 5.78 Å². The first kappa shape index (κ1) is 9.55. The van der Waals surface area contributed by atoms with E-state index in [1.165, 1.54) is 6.08 Å². The van der Waals surface area contributed by atoms with Gasteiger partial charge in [-0.1, -0.05) is 25.2 Å². The van der Waals surface area contributed by atoms with E-state index >= 15 is 0 Å². The fraction of sp³-hybridized carbons (Fsp3) is 0.444. The number of carbonyl (C=O) groups excluding carboxylic acids is 1. The van der Waals surface area contributed by atoms with Gasteiger partial charge in [-0.05, 0) is 6.08 Å². The van der Waals surface area contributed by atoms with Crippen LogP contribution in [0, 0.1) is 5.92 Å². The maximum Gasteiger partial charge on any atom is 0.143 e. The third-order valence-corrected chi connectivity index (χ3v) is 2.34. The van der Waals surface area contributed by atoms with Gasteiger partial charge < -0.3 is 5.11 Å². The number of allylic oxidation sites excluding steroid dienone is 2. The Balaban J connectivity index is 2.84. The monoisotopic (exact) mass is 184 g/mol. The van der Waals surface area contributed by atoms with Gasteiger partial charge >= 0.3 is 0 Å². The predicted octanol–water partition coefficient (Wildman–Crippen LogP) is 1.33. The standard InChI is InChI=1S/C9H12O2S/c1-2-8(10)7-5-3-4-6-9(7,11)12/h3-7,11-12H,2H2,1H3. The van der Waals surface area contributed by atoms with E-state index in [1.54, 1.807) is 25.2 Å². The van der Waals surface area contributed by atoms with Crippen LogP contribution in [0.5, 0.6) is 0 Å². The van der Waals surface area contributed by atoms with Crippen LogP contribution in [0.3, 0.4) is 0 Å². The predicted molar refractivity (Wildman–Crippen MR) is 51.0 cm³/mol. The van der Waals surface area contributed by atoms with Gasteiger partial charge in [0.2, 0.25) is 0 Å². The summed E-state index contributed by atoms with van der Waals surface area (Å²) >= 11 is 4.00. The van der Waals surface area contributed by atoms with Crippen LogP contribution >= 0.6 is 12.6 Å². The molecule has 3 heteroatoms. The van der Waals surface area contributed by atoms with E-state index in [4.69, 9.17) is 0 Å². The number of hydrogen-bond acceptors (Lipinski definition) is 3. The maximum atomic E-state index is 11.3. The first-order chi connectivity index (χ1) is 5.58. The summed E-state index contributed by atoms with van der Waals surface area (Å²) in [6.45, 7) is 1.78. The Kier molecular flexibility index (Phi) is 2.75. The van der Waals surface area contributed by atoms with Crippen LogP contribution in [0.25, 0.3) is 0 Å². The lowest BCUT2D eigenvalue weighted by Crippen LogP contribution is -2.35. The SMILES string of the molecule is CCC(=O)C1C=CC=CC1(O)S. The molecular formula is C9H12O2S. The minimum absolute atomic E-state index is 0.00750. The molecule has 2 unspecified atom stereocenters. The first-order valence-electron chi connectivity index (χ1n) is 3.91. The van der Waals surface area contributed by atoms with Crippen molar-refractivity contribution in [1.82, 2.24) is 0 Å². The van der Waals surface area contributed by atoms with Gasteiger partial charge in [-0.25, -0.2) is 0 Å². The highest BCUT2D eigenvalue weighted by molar-refractivity contribution is 7.81. The smallest absolute Gasteiger partial charge is 0.143 e. The van der Waals surface area contributed by atoms with Crippen molar-refractivity contribution in [3.63, 3.8) is 0 Å². The second-order valence-electron chi connectivity index (χ2n) is 2.82. The second-order valence-corrected chi connectivity index (χ2v) is 3.54. The summed E-state index contributed by atoms with van der Waals surface area (Å²) in [7, 11) is 0. The van der Waals surface area contributed by atoms with E-state index in [9.17, 15) is 9.90 Å². The van der Waals surface area contributed by atoms with Gasteiger partial charge in [0.25, 0.3) is 0 Å². The van der Waals surface area contributed by atoms with Gasteiger partial charge in [-0.3, -0.25) is 4.79 Å². The van der Waals surface area contributed by atoms with Crippen molar-refractivity contribution in [3.8, 4) is 0 Å². The molecule has 0 fully saturated rings. The fourth-order valence-corrected chi connectivity index (χ4v) is 1.50. The number of rotatable bonds is 2. The molecule has 1 aliphatic carbocycles. The highest BCUT2D eigenvalue weighted by Crippen LogP contribution is 2.29. The molecule has 2 atom stereocenters. The van der Waals surface area contributed by atoms with Crippen LogP contribution in [0.15, 0.2) is 24.3 Å². The normalized spacial score (nSPS) is 33.8. The van der Waals surface area contributed by atoms with Gasteiger partial charge in [-0.15, -0.1) is 12.6 Å². The van der Waals surface area contributed by atoms with Crippen LogP contribution < -0.4 is 0 Å². The van der Waals surface area contributed by atoms with Gasteiger partial charge in [0, 0.05) is 6.42 Å². The lowest BCUT2D eigenvalue weighted by molar-refractivity contribution is -0.123. The zero-order valence-corrected chi connectivity index (χ0v) is 7.79. The Bertz CT molecular complexity index is 241. The molecule has 0 saturated heterocycles. The van der Waals surface area contributed by atoms with E-state index in [0.717, 1.165) is 0 Å². The van der Waals surface area contributed by atoms with Crippen molar-refractivity contribution in [1.29, 1.82) is 0 Å². The Morgan fingerprint density at radius 1 is 1.67 bits per heavy atom. The number of Topliss-reactive ketones (excluding diaryl/α,β-unsaturated/α-hetero) is 1. The maximum absolute atomic E-state index is 11.3. The van der Waals surface area contributed by atoms with E-state index < -0.39 is 10.9 Å². The molecule has 0 radical (unpaired) electrons. The highest BCUT2D eigenvalue weighted by atomic mass is 32.1. The zero-order valence-electron chi connectivity index (χ0n) is 6.90. The van der Waals surface area contributed by atoms with Crippen LogP contribution in [-0.2, 0) is 4.79 Å². The third kappa shape index (κ3) is 1.79. The molecule has 0 aliphatic heterocycles. The summed E-state index contributed by atoms with van der Waals surface area (Å²) in [6.07, 6.45) is 7.06. The summed E-state index contributed by atoms with van der Waals surface area (Å²) in [4.78, 5) is 9.98. The lowest BCUT2D eigenvalue weighted by atomic mass is 9.91. The topological polar surface area (TPSA) is 37.3 Å². The number of thiol groups is 1. The zero-order chi connectivity index (χ0) is 9.19. The van der Waals surface area contributed by atoms with Crippen molar-refractivity contribution in [2.45, 2.75) is 18.3 Å². The molecule has 12 heavy (non-hydrogen) atoms. The van der Waals surface area contributed by atoms with Gasteiger partial charge in [-0.2, -0.15) is 0 Å². The average Bonchev–Trinajstić information content (AvgIpc) is 2.02. The number of aliphatic hydroxyl groups is 1. The minimum atomic E-state index is -1.30. The third-order valence-electron chi connectivity index (χ3n) is 1.91. The second kappa shape index (κ2) is 3.46. The lowest BCUT2D eigenvalue weighted by Gasteiger charge is -2.27. The van der Waals surface area contributed by atoms with E-state index in [2.05, 4.69) is 12.6 Å². The van der Waals surface area contributed by atoms with Crippen molar-refractivity contribution >= 4 is 18.4 Å². The van der Waals surface area contributed by atoms with Gasteiger partial charge in [0.1, 0.15) is 10.7 Å². The van der Waals surface area contributed by atoms with Gasteiger partial charge in [0.15, 0.2) is 0 Å². The number of ketones is 1. The molecule has 0 aromatic heterocycles. The van der Waals surface area contributed by atoms with Crippen molar-refractivity contribution in [2.75, 3.05) is 0 Å². The van der Waals surface area contributed by atoms with Crippen LogP contribution in [0.2, 0.25) is 0 Å². The summed E-state index contributed by atoms with van der Waals surface area (Å²) in [6, 6.07) is 0. The van der Waals surface area contributed by atoms with E-state index in [1.807, 2.05) is 0 Å². The average molecular weight is 184 g/mol. The molecule has 0 spiro atoms. The summed E-state index contributed by atoms with van der Waals surface area (Å²) in [5.41, 5.74) is 0. The molecule has 66 valence electrons. The highest BCUT2D eigenvalue weighted by Gasteiger charge is 2.34. The number of carbonyl (C=O) groups is 1. The Morgan fingerprint density at radius 2 is 2.33 bits per heavy atom. The molecule has 0 bridgehead atoms. The van der Waals surface area contributed by atoms with Crippen molar-refractivity contribution < 1.29 is 9.90 Å². The molecule has 0 aromatic carbocycles. The van der Waals surface area contributed by atoms with Crippen LogP contribution in [0.4, 0.5) is 0 Å². The summed E-state index contributed by atoms with van der Waals surface area (Å²) in [5, 5.41) is 9.64. The van der Waals surface area contributed by atoms with Crippen molar-refractivity contribution in [2.24, 2.45) is 5.92 Å². The first-order valence-corrected chi connectivity index (χ1v) is 4.36. The molecule has 1 N–H and O–H groups in total. The summed E-state index contributed by atoms with van der Waals surface area (Å²) in [5.74, 6) is -0.496. The molecule has 0 saturated carbocycles. The largest absolute Gasteiger partial charge is 0.375 e. The number of hydrogen-bond donors (Lipinski definition) is 2. The Labute approximate surface area is 77.4 Å². The molecule has 1 rings (SSSR count). The molecule has 0 aromatic rings. The molecule has 0 amide bonds. The molecule has 0 heterocycles. The van der Waals surface area contributed by atoms with Crippen molar-refractivity contribution in [3.05, 3.63) is 24.3 Å². The fourth-order valence-electron chi connectivity index (χ4n) is 1.18. The Hall–Kier alpha value is -0.540. The molecule has 1 aliphatic rings. The Morgan fingerprint density at radius 3 is 2.83 bits per heavy atom. The molecular weight excluding hydrogens is 172 g/mol. The van der Waals surface area contributed by atoms with E-state index in [0.29, 0.717) is 6.42 Å². The van der Waals surface area contributed by atoms with Gasteiger partial charge in [0.05, 0.1) is 5.92 Å². The minimum Gasteiger partial charge on any atom is -0.375 e.